The Morgan fingerprint density at radius 1 is 1.69 bits per heavy atom. The van der Waals surface area contributed by atoms with E-state index in [1.807, 2.05) is 5.38 Å². The van der Waals surface area contributed by atoms with E-state index in [0.29, 0.717) is 19.3 Å². The molecule has 1 aromatic rings. The number of hydrogen-bond acceptors (Lipinski definition) is 5. The molecule has 0 bridgehead atoms. The summed E-state index contributed by atoms with van der Waals surface area (Å²) in [7, 11) is -3.19. The van der Waals surface area contributed by atoms with E-state index in [-0.39, 0.29) is 0 Å². The molecule has 1 aliphatic rings. The van der Waals surface area contributed by atoms with Crippen molar-refractivity contribution in [3.63, 3.8) is 0 Å². The van der Waals surface area contributed by atoms with E-state index in [9.17, 15) is 13.5 Å². The van der Waals surface area contributed by atoms with Gasteiger partial charge < -0.3 is 5.11 Å². The SMILES string of the molecule is CS(=O)(=O)C1CCCC1(O)Cc1nccs1. The molecule has 0 spiro atoms. The van der Waals surface area contributed by atoms with Gasteiger partial charge in [-0.15, -0.1) is 11.3 Å². The van der Waals surface area contributed by atoms with Gasteiger partial charge in [0.15, 0.2) is 9.84 Å². The zero-order chi connectivity index (χ0) is 11.8. The van der Waals surface area contributed by atoms with Gasteiger partial charge in [0.1, 0.15) is 0 Å². The first-order valence-electron chi connectivity index (χ1n) is 5.21. The Hall–Kier alpha value is -0.460. The molecule has 1 N–H and O–H groups in total. The van der Waals surface area contributed by atoms with E-state index in [1.165, 1.54) is 17.6 Å². The Morgan fingerprint density at radius 3 is 3.00 bits per heavy atom. The second kappa shape index (κ2) is 4.09. The highest BCUT2D eigenvalue weighted by atomic mass is 32.2. The van der Waals surface area contributed by atoms with Crippen LogP contribution in [-0.4, -0.2) is 35.6 Å². The van der Waals surface area contributed by atoms with E-state index in [0.717, 1.165) is 11.4 Å². The standard InChI is InChI=1S/C10H15NO3S2/c1-16(13,14)8-3-2-4-10(8,12)7-9-11-5-6-15-9/h5-6,8,12H,2-4,7H2,1H3. The maximum Gasteiger partial charge on any atom is 0.153 e. The van der Waals surface area contributed by atoms with Crippen molar-refractivity contribution >= 4 is 21.2 Å². The zero-order valence-corrected chi connectivity index (χ0v) is 10.7. The topological polar surface area (TPSA) is 67.3 Å². The van der Waals surface area contributed by atoms with Gasteiger partial charge in [0.05, 0.1) is 15.9 Å². The Kier molecular flexibility index (Phi) is 3.07. The lowest BCUT2D eigenvalue weighted by molar-refractivity contribution is 0.0512. The number of thiazole rings is 1. The van der Waals surface area contributed by atoms with Crippen molar-refractivity contribution in [1.29, 1.82) is 0 Å². The Bertz CT molecular complexity index is 454. The molecule has 6 heteroatoms. The molecule has 0 aliphatic heterocycles. The van der Waals surface area contributed by atoms with Crippen LogP contribution in [0.5, 0.6) is 0 Å². The molecular weight excluding hydrogens is 246 g/mol. The summed E-state index contributed by atoms with van der Waals surface area (Å²) in [6.45, 7) is 0. The first kappa shape index (κ1) is 12.0. The highest BCUT2D eigenvalue weighted by molar-refractivity contribution is 7.91. The van der Waals surface area contributed by atoms with Gasteiger partial charge in [-0.05, 0) is 19.3 Å². The summed E-state index contributed by atoms with van der Waals surface area (Å²) in [4.78, 5) is 4.11. The second-order valence-electron chi connectivity index (χ2n) is 4.42. The Morgan fingerprint density at radius 2 is 2.44 bits per heavy atom. The minimum absolute atomic E-state index is 0.350. The maximum absolute atomic E-state index is 11.6. The summed E-state index contributed by atoms with van der Waals surface area (Å²) in [5, 5.41) is 12.5. The summed E-state index contributed by atoms with van der Waals surface area (Å²) in [5.74, 6) is 0. The Balaban J connectivity index is 2.23. The first-order valence-corrected chi connectivity index (χ1v) is 8.05. The second-order valence-corrected chi connectivity index (χ2v) is 7.62. The predicted octanol–water partition coefficient (Wildman–Crippen LogP) is 1.01. The number of hydrogen-bond donors (Lipinski definition) is 1. The maximum atomic E-state index is 11.6. The van der Waals surface area contributed by atoms with Crippen LogP contribution < -0.4 is 0 Å². The van der Waals surface area contributed by atoms with Gasteiger partial charge in [-0.1, -0.05) is 0 Å². The van der Waals surface area contributed by atoms with Gasteiger partial charge in [0.2, 0.25) is 0 Å². The third-order valence-corrected chi connectivity index (χ3v) is 5.62. The van der Waals surface area contributed by atoms with Crippen LogP contribution in [-0.2, 0) is 16.3 Å². The molecule has 1 fully saturated rings. The van der Waals surface area contributed by atoms with E-state index in [2.05, 4.69) is 4.98 Å². The van der Waals surface area contributed by atoms with Crippen molar-refractivity contribution < 1.29 is 13.5 Å². The third kappa shape index (κ3) is 2.28. The molecule has 1 aromatic heterocycles. The fourth-order valence-corrected chi connectivity index (χ4v) is 4.77. The molecule has 0 aromatic carbocycles. The Labute approximate surface area is 99.3 Å². The van der Waals surface area contributed by atoms with E-state index in [1.54, 1.807) is 6.20 Å². The van der Waals surface area contributed by atoms with Gasteiger partial charge in [-0.25, -0.2) is 13.4 Å². The average Bonchev–Trinajstić information content (AvgIpc) is 2.73. The minimum Gasteiger partial charge on any atom is -0.388 e. The van der Waals surface area contributed by atoms with Crippen LogP contribution in [0.25, 0.3) is 0 Å². The number of aromatic nitrogens is 1. The molecule has 2 unspecified atom stereocenters. The van der Waals surface area contributed by atoms with Crippen LogP contribution in [0.1, 0.15) is 24.3 Å². The normalized spacial score (nSPS) is 30.8. The summed E-state index contributed by atoms with van der Waals surface area (Å²) in [6.07, 6.45) is 5.09. The van der Waals surface area contributed by atoms with Gasteiger partial charge in [0.25, 0.3) is 0 Å². The molecule has 0 saturated heterocycles. The highest BCUT2D eigenvalue weighted by Crippen LogP contribution is 2.37. The predicted molar refractivity (Wildman–Crippen MR) is 63.3 cm³/mol. The average molecular weight is 261 g/mol. The molecule has 0 amide bonds. The van der Waals surface area contributed by atoms with Crippen molar-refractivity contribution in [2.24, 2.45) is 0 Å². The largest absolute Gasteiger partial charge is 0.388 e. The number of rotatable bonds is 3. The van der Waals surface area contributed by atoms with Gasteiger partial charge in [0, 0.05) is 24.3 Å². The molecule has 90 valence electrons. The van der Waals surface area contributed by atoms with Crippen LogP contribution >= 0.6 is 11.3 Å². The zero-order valence-electron chi connectivity index (χ0n) is 9.09. The van der Waals surface area contributed by atoms with Crippen molar-refractivity contribution in [3.8, 4) is 0 Å². The molecule has 2 rings (SSSR count). The molecular formula is C10H15NO3S2. The van der Waals surface area contributed by atoms with E-state index in [4.69, 9.17) is 0 Å². The van der Waals surface area contributed by atoms with Gasteiger partial charge >= 0.3 is 0 Å². The lowest BCUT2D eigenvalue weighted by atomic mass is 9.98. The molecule has 1 heterocycles. The highest BCUT2D eigenvalue weighted by Gasteiger charge is 2.47. The number of aliphatic hydroxyl groups is 1. The molecule has 16 heavy (non-hydrogen) atoms. The van der Waals surface area contributed by atoms with Gasteiger partial charge in [-0.2, -0.15) is 0 Å². The molecule has 1 saturated carbocycles. The lowest BCUT2D eigenvalue weighted by Crippen LogP contribution is -2.44. The smallest absolute Gasteiger partial charge is 0.153 e. The van der Waals surface area contributed by atoms with Crippen LogP contribution in [0.15, 0.2) is 11.6 Å². The minimum atomic E-state index is -3.19. The van der Waals surface area contributed by atoms with Crippen molar-refractivity contribution in [2.45, 2.75) is 36.5 Å². The monoisotopic (exact) mass is 261 g/mol. The molecule has 1 aliphatic carbocycles. The van der Waals surface area contributed by atoms with Crippen LogP contribution in [0.4, 0.5) is 0 Å². The number of nitrogens with zero attached hydrogens (tertiary/aromatic N) is 1. The fourth-order valence-electron chi connectivity index (χ4n) is 2.44. The summed E-state index contributed by atoms with van der Waals surface area (Å²) >= 11 is 1.46. The number of sulfone groups is 1. The molecule has 2 atom stereocenters. The fraction of sp³-hybridized carbons (Fsp3) is 0.700. The molecule has 4 nitrogen and oxygen atoms in total. The summed E-state index contributed by atoms with van der Waals surface area (Å²) < 4.78 is 23.2. The lowest BCUT2D eigenvalue weighted by Gasteiger charge is -2.27. The third-order valence-electron chi connectivity index (χ3n) is 3.13. The van der Waals surface area contributed by atoms with Crippen LogP contribution in [0.3, 0.4) is 0 Å². The van der Waals surface area contributed by atoms with Crippen molar-refractivity contribution in [2.75, 3.05) is 6.26 Å². The summed E-state index contributed by atoms with van der Waals surface area (Å²) in [5.41, 5.74) is -1.12. The van der Waals surface area contributed by atoms with Crippen LogP contribution in [0, 0.1) is 0 Å². The van der Waals surface area contributed by atoms with Crippen LogP contribution in [0.2, 0.25) is 0 Å². The first-order chi connectivity index (χ1) is 7.42. The molecule has 0 radical (unpaired) electrons. The van der Waals surface area contributed by atoms with E-state index < -0.39 is 20.7 Å². The van der Waals surface area contributed by atoms with E-state index >= 15 is 0 Å². The van der Waals surface area contributed by atoms with Gasteiger partial charge in [-0.3, -0.25) is 0 Å². The summed E-state index contributed by atoms with van der Waals surface area (Å²) in [6, 6.07) is 0. The van der Waals surface area contributed by atoms with Crippen molar-refractivity contribution in [1.82, 2.24) is 4.98 Å². The van der Waals surface area contributed by atoms with Crippen molar-refractivity contribution in [3.05, 3.63) is 16.6 Å². The quantitative estimate of drug-likeness (QED) is 0.882.